The van der Waals surface area contributed by atoms with Crippen LogP contribution >= 0.6 is 23.2 Å². The quantitative estimate of drug-likeness (QED) is 0.0920. The van der Waals surface area contributed by atoms with Crippen LogP contribution in [0.4, 0.5) is 4.79 Å². The third kappa shape index (κ3) is 8.52. The van der Waals surface area contributed by atoms with Gasteiger partial charge in [0.15, 0.2) is 11.5 Å². The van der Waals surface area contributed by atoms with Crippen molar-refractivity contribution in [2.24, 2.45) is 0 Å². The van der Waals surface area contributed by atoms with Gasteiger partial charge in [-0.05, 0) is 53.6 Å². The number of amides is 2. The lowest BCUT2D eigenvalue weighted by molar-refractivity contribution is 0.0796. The minimum atomic E-state index is -1.02. The third-order valence-electron chi connectivity index (χ3n) is 10.6. The zero-order chi connectivity index (χ0) is 37.5. The van der Waals surface area contributed by atoms with E-state index in [1.807, 2.05) is 36.4 Å². The number of ketones is 1. The Bertz CT molecular complexity index is 1910. The number of likely N-dealkylation sites (tertiary alicyclic amines) is 1. The lowest BCUT2D eigenvalue weighted by Gasteiger charge is -2.41. The van der Waals surface area contributed by atoms with E-state index in [1.165, 1.54) is 55.3 Å². The van der Waals surface area contributed by atoms with Gasteiger partial charge in [0.05, 0.1) is 21.2 Å². The van der Waals surface area contributed by atoms with E-state index in [0.29, 0.717) is 19.3 Å². The van der Waals surface area contributed by atoms with Crippen LogP contribution in [0.3, 0.4) is 0 Å². The Balaban J connectivity index is 1.21. The van der Waals surface area contributed by atoms with Crippen molar-refractivity contribution in [1.82, 2.24) is 20.0 Å². The highest BCUT2D eigenvalue weighted by Crippen LogP contribution is 2.49. The Kier molecular flexibility index (Phi) is 12.7. The number of carbonyl (C=O) groups is 4. The minimum Gasteiger partial charge on any atom is -0.465 e. The van der Waals surface area contributed by atoms with Crippen LogP contribution in [-0.4, -0.2) is 62.1 Å². The Labute approximate surface area is 320 Å². The van der Waals surface area contributed by atoms with Crippen molar-refractivity contribution in [2.45, 2.75) is 102 Å². The number of carboxylic acid groups (broad SMARTS) is 1. The monoisotopic (exact) mass is 756 g/mol. The highest BCUT2D eigenvalue weighted by Gasteiger charge is 2.43. The summed E-state index contributed by atoms with van der Waals surface area (Å²) >= 11 is 12.8. The molecular weight excluding hydrogens is 711 g/mol. The maximum absolute atomic E-state index is 14.1. The zero-order valence-corrected chi connectivity index (χ0v) is 31.5. The molecule has 1 saturated heterocycles. The van der Waals surface area contributed by atoms with E-state index >= 15 is 0 Å². The molecule has 2 heterocycles. The van der Waals surface area contributed by atoms with Gasteiger partial charge in [-0.3, -0.25) is 14.4 Å². The fourth-order valence-corrected chi connectivity index (χ4v) is 8.50. The van der Waals surface area contributed by atoms with Crippen LogP contribution in [-0.2, 0) is 0 Å². The van der Waals surface area contributed by atoms with Gasteiger partial charge in [0.25, 0.3) is 5.91 Å². The molecule has 1 aromatic heterocycles. The van der Waals surface area contributed by atoms with Crippen LogP contribution in [0.1, 0.15) is 132 Å². The summed E-state index contributed by atoms with van der Waals surface area (Å²) in [4.78, 5) is 55.5. The number of rotatable bonds is 15. The first kappa shape index (κ1) is 38.3. The summed E-state index contributed by atoms with van der Waals surface area (Å²) in [6.07, 6.45) is 11.1. The fourth-order valence-electron chi connectivity index (χ4n) is 7.93. The van der Waals surface area contributed by atoms with Crippen LogP contribution in [0.25, 0.3) is 11.1 Å². The number of hydrogen-bond acceptors (Lipinski definition) is 5. The van der Waals surface area contributed by atoms with Crippen molar-refractivity contribution in [3.63, 3.8) is 0 Å². The summed E-state index contributed by atoms with van der Waals surface area (Å²) in [5.41, 5.74) is 3.96. The molecule has 2 aliphatic rings. The third-order valence-corrected chi connectivity index (χ3v) is 11.2. The van der Waals surface area contributed by atoms with Gasteiger partial charge < -0.3 is 15.3 Å². The number of benzene rings is 3. The molecule has 2 N–H and O–H groups in total. The first-order chi connectivity index (χ1) is 25.7. The average Bonchev–Trinajstić information content (AvgIpc) is 3.75. The molecule has 11 heteroatoms. The molecular formula is C42H46Cl2N4O5. The van der Waals surface area contributed by atoms with Crippen LogP contribution in [0.5, 0.6) is 0 Å². The second kappa shape index (κ2) is 17.6. The van der Waals surface area contributed by atoms with Crippen molar-refractivity contribution < 1.29 is 24.3 Å². The van der Waals surface area contributed by atoms with Gasteiger partial charge in [-0.1, -0.05) is 136 Å². The standard InChI is InChI=1S/C42H46Cl2N4O5/c1-2-3-4-5-6-7-8-9-10-22-36(49)48-26-32(40(50)38-33(43)20-15-21-34(38)44)39(46-48)41(51)45-27-23-24-47(42(52)53)35(25-27)37-30-18-13-11-16-28(30)29-17-12-14-19-31(29)37/h11-21,26-27,35,37H,2-10,22-25H2,1H3,(H,45,51)(H,52,53). The van der Waals surface area contributed by atoms with Crippen molar-refractivity contribution in [3.05, 3.63) is 111 Å². The van der Waals surface area contributed by atoms with E-state index in [4.69, 9.17) is 23.2 Å². The summed E-state index contributed by atoms with van der Waals surface area (Å²) in [6.45, 7) is 2.41. The van der Waals surface area contributed by atoms with Gasteiger partial charge in [0.1, 0.15) is 0 Å². The molecule has 1 aliphatic heterocycles. The highest BCUT2D eigenvalue weighted by atomic mass is 35.5. The number of piperidine rings is 1. The fraction of sp³-hybridized carbons (Fsp3) is 0.405. The van der Waals surface area contributed by atoms with Gasteiger partial charge in [-0.15, -0.1) is 0 Å². The van der Waals surface area contributed by atoms with Gasteiger partial charge in [0.2, 0.25) is 5.91 Å². The topological polar surface area (TPSA) is 122 Å². The van der Waals surface area contributed by atoms with Crippen molar-refractivity contribution >= 4 is 46.9 Å². The molecule has 4 aromatic rings. The van der Waals surface area contributed by atoms with Crippen LogP contribution in [0, 0.1) is 0 Å². The normalized spacial score (nSPS) is 16.6. The molecule has 278 valence electrons. The summed E-state index contributed by atoms with van der Waals surface area (Å²) in [5.74, 6) is -1.80. The maximum atomic E-state index is 14.1. The number of fused-ring (bicyclic) bond motifs is 3. The number of aromatic nitrogens is 2. The number of halogens is 2. The smallest absolute Gasteiger partial charge is 0.407 e. The molecule has 2 unspecified atom stereocenters. The SMILES string of the molecule is CCCCCCCCCCCC(=O)n1cc(C(=O)c2c(Cl)cccc2Cl)c(C(=O)NC2CCN(C(=O)O)C(C3c4ccccc4-c4ccccc43)C2)n1. The Morgan fingerprint density at radius 3 is 2.00 bits per heavy atom. The van der Waals surface area contributed by atoms with E-state index in [2.05, 4.69) is 29.5 Å². The number of unbranched alkanes of at least 4 members (excludes halogenated alkanes) is 8. The number of hydrogen-bond donors (Lipinski definition) is 2. The molecule has 1 aliphatic carbocycles. The van der Waals surface area contributed by atoms with E-state index in [-0.39, 0.29) is 51.7 Å². The second-order valence-electron chi connectivity index (χ2n) is 14.1. The Morgan fingerprint density at radius 2 is 1.40 bits per heavy atom. The summed E-state index contributed by atoms with van der Waals surface area (Å²) < 4.78 is 1.08. The molecule has 0 saturated carbocycles. The largest absolute Gasteiger partial charge is 0.465 e. The van der Waals surface area contributed by atoms with E-state index in [9.17, 15) is 24.3 Å². The molecule has 6 rings (SSSR count). The summed E-state index contributed by atoms with van der Waals surface area (Å²) in [7, 11) is 0. The molecule has 1 fully saturated rings. The van der Waals surface area contributed by atoms with Crippen molar-refractivity contribution in [2.75, 3.05) is 6.54 Å². The van der Waals surface area contributed by atoms with Gasteiger partial charge >= 0.3 is 6.09 Å². The molecule has 3 aromatic carbocycles. The predicted molar refractivity (Wildman–Crippen MR) is 207 cm³/mol. The Morgan fingerprint density at radius 1 is 0.811 bits per heavy atom. The van der Waals surface area contributed by atoms with Crippen LogP contribution in [0.15, 0.2) is 72.9 Å². The second-order valence-corrected chi connectivity index (χ2v) is 14.9. The van der Waals surface area contributed by atoms with Gasteiger partial charge in [0, 0.05) is 37.2 Å². The first-order valence-corrected chi connectivity index (χ1v) is 19.5. The maximum Gasteiger partial charge on any atom is 0.407 e. The number of carbonyl (C=O) groups excluding carboxylic acids is 3. The summed E-state index contributed by atoms with van der Waals surface area (Å²) in [6, 6.07) is 19.9. The molecule has 0 spiro atoms. The lowest BCUT2D eigenvalue weighted by atomic mass is 9.82. The van der Waals surface area contributed by atoms with E-state index < -0.39 is 29.9 Å². The van der Waals surface area contributed by atoms with Crippen LogP contribution < -0.4 is 5.32 Å². The molecule has 53 heavy (non-hydrogen) atoms. The predicted octanol–water partition coefficient (Wildman–Crippen LogP) is 10.0. The Hall–Kier alpha value is -4.47. The molecule has 9 nitrogen and oxygen atoms in total. The number of nitrogens with zero attached hydrogens (tertiary/aromatic N) is 3. The van der Waals surface area contributed by atoms with Crippen molar-refractivity contribution in [3.8, 4) is 11.1 Å². The van der Waals surface area contributed by atoms with Gasteiger partial charge in [-0.25, -0.2) is 9.48 Å². The molecule has 0 radical (unpaired) electrons. The van der Waals surface area contributed by atoms with E-state index in [1.54, 1.807) is 6.07 Å². The highest BCUT2D eigenvalue weighted by molar-refractivity contribution is 6.41. The first-order valence-electron chi connectivity index (χ1n) is 18.8. The molecule has 2 amide bonds. The number of nitrogens with one attached hydrogen (secondary N) is 1. The molecule has 0 bridgehead atoms. The zero-order valence-electron chi connectivity index (χ0n) is 30.0. The molecule has 2 atom stereocenters. The summed E-state index contributed by atoms with van der Waals surface area (Å²) in [5, 5.41) is 17.9. The van der Waals surface area contributed by atoms with Gasteiger partial charge in [-0.2, -0.15) is 5.10 Å². The van der Waals surface area contributed by atoms with Crippen molar-refractivity contribution in [1.29, 1.82) is 0 Å². The van der Waals surface area contributed by atoms with E-state index in [0.717, 1.165) is 46.2 Å². The van der Waals surface area contributed by atoms with Crippen LogP contribution in [0.2, 0.25) is 10.0 Å². The average molecular weight is 758 g/mol. The lowest BCUT2D eigenvalue weighted by Crippen LogP contribution is -2.53. The minimum absolute atomic E-state index is 0.0178.